The Morgan fingerprint density at radius 1 is 1.12 bits per heavy atom. The standard InChI is InChI=1S/C23H31N7O3/c1-33-28-21(19-3-2-4-20(31)27-19)17-7-11-30(12-8-17)22(32)18-5-9-29(10-6-18)15-16-13-25-23(24)26-14-16/h2-4,13-14,17-18H,5-12,15H2,1H3,(H,27,31)(H2,24,25,26). The Balaban J connectivity index is 1.28. The first-order chi connectivity index (χ1) is 16.0. The summed E-state index contributed by atoms with van der Waals surface area (Å²) >= 11 is 0. The monoisotopic (exact) mass is 453 g/mol. The van der Waals surface area contributed by atoms with Crippen LogP contribution in [-0.4, -0.2) is 69.7 Å². The molecule has 0 saturated carbocycles. The molecule has 4 heterocycles. The number of likely N-dealkylation sites (tertiary alicyclic amines) is 2. The lowest BCUT2D eigenvalue weighted by atomic mass is 9.88. The van der Waals surface area contributed by atoms with Crippen molar-refractivity contribution in [2.45, 2.75) is 32.2 Å². The van der Waals surface area contributed by atoms with E-state index < -0.39 is 0 Å². The maximum Gasteiger partial charge on any atom is 0.248 e. The van der Waals surface area contributed by atoms with Crippen molar-refractivity contribution in [1.29, 1.82) is 0 Å². The van der Waals surface area contributed by atoms with Crippen LogP contribution in [0.5, 0.6) is 0 Å². The smallest absolute Gasteiger partial charge is 0.248 e. The molecule has 2 fully saturated rings. The molecule has 3 N–H and O–H groups in total. The summed E-state index contributed by atoms with van der Waals surface area (Å²) in [6.07, 6.45) is 6.82. The lowest BCUT2D eigenvalue weighted by Crippen LogP contribution is -2.46. The van der Waals surface area contributed by atoms with Crippen LogP contribution in [0.4, 0.5) is 5.95 Å². The Morgan fingerprint density at radius 2 is 1.79 bits per heavy atom. The number of nitrogens with one attached hydrogen (secondary N) is 1. The molecule has 2 aliphatic rings. The van der Waals surface area contributed by atoms with Gasteiger partial charge in [-0.3, -0.25) is 14.5 Å². The molecule has 10 nitrogen and oxygen atoms in total. The molecule has 2 saturated heterocycles. The summed E-state index contributed by atoms with van der Waals surface area (Å²) in [5, 5.41) is 4.19. The van der Waals surface area contributed by atoms with E-state index in [1.807, 2.05) is 11.0 Å². The third-order valence-electron chi connectivity index (χ3n) is 6.50. The first kappa shape index (κ1) is 22.9. The molecule has 0 aromatic carbocycles. The van der Waals surface area contributed by atoms with E-state index in [9.17, 15) is 9.59 Å². The van der Waals surface area contributed by atoms with Gasteiger partial charge in [0, 0.05) is 55.5 Å². The molecule has 2 aromatic heterocycles. The van der Waals surface area contributed by atoms with Gasteiger partial charge in [-0.15, -0.1) is 0 Å². The fraction of sp³-hybridized carbons (Fsp3) is 0.522. The van der Waals surface area contributed by atoms with Crippen molar-refractivity contribution in [3.8, 4) is 0 Å². The molecular formula is C23H31N7O3. The van der Waals surface area contributed by atoms with Gasteiger partial charge in [-0.25, -0.2) is 9.97 Å². The molecule has 2 aliphatic heterocycles. The topological polar surface area (TPSA) is 130 Å². The van der Waals surface area contributed by atoms with E-state index in [1.54, 1.807) is 18.5 Å². The Kier molecular flexibility index (Phi) is 7.33. The van der Waals surface area contributed by atoms with Crippen LogP contribution in [0.3, 0.4) is 0 Å². The minimum absolute atomic E-state index is 0.0676. The molecule has 2 aromatic rings. The number of nitrogen functional groups attached to an aromatic ring is 1. The Bertz CT molecular complexity index is 1020. The van der Waals surface area contributed by atoms with Crippen molar-refractivity contribution in [3.63, 3.8) is 0 Å². The second-order valence-electron chi connectivity index (χ2n) is 8.69. The maximum atomic E-state index is 13.1. The Hall–Kier alpha value is -3.27. The van der Waals surface area contributed by atoms with Crippen LogP contribution >= 0.6 is 0 Å². The van der Waals surface area contributed by atoms with E-state index in [-0.39, 0.29) is 29.3 Å². The van der Waals surface area contributed by atoms with Gasteiger partial charge in [0.2, 0.25) is 17.4 Å². The summed E-state index contributed by atoms with van der Waals surface area (Å²) in [6.45, 7) is 3.90. The van der Waals surface area contributed by atoms with Crippen LogP contribution in [-0.2, 0) is 16.2 Å². The first-order valence-corrected chi connectivity index (χ1v) is 11.4. The summed E-state index contributed by atoms with van der Waals surface area (Å²) in [5.41, 5.74) is 7.83. The van der Waals surface area contributed by atoms with E-state index in [2.05, 4.69) is 25.0 Å². The molecule has 0 unspecified atom stereocenters. The highest BCUT2D eigenvalue weighted by Gasteiger charge is 2.32. The summed E-state index contributed by atoms with van der Waals surface area (Å²) in [7, 11) is 1.51. The van der Waals surface area contributed by atoms with Crippen LogP contribution < -0.4 is 11.3 Å². The van der Waals surface area contributed by atoms with E-state index >= 15 is 0 Å². The zero-order chi connectivity index (χ0) is 23.2. The normalized spacial score (nSPS) is 18.9. The summed E-state index contributed by atoms with van der Waals surface area (Å²) < 4.78 is 0. The van der Waals surface area contributed by atoms with Crippen LogP contribution in [0.25, 0.3) is 0 Å². The van der Waals surface area contributed by atoms with Crippen LogP contribution in [0, 0.1) is 11.8 Å². The number of carbonyl (C=O) groups is 1. The van der Waals surface area contributed by atoms with E-state index in [1.165, 1.54) is 13.2 Å². The largest absolute Gasteiger partial charge is 0.399 e. The number of H-pyrrole nitrogens is 1. The van der Waals surface area contributed by atoms with Gasteiger partial charge in [-0.1, -0.05) is 11.2 Å². The van der Waals surface area contributed by atoms with Crippen LogP contribution in [0.2, 0.25) is 0 Å². The number of amides is 1. The number of piperidine rings is 2. The molecule has 10 heteroatoms. The fourth-order valence-electron chi connectivity index (χ4n) is 4.71. The SMILES string of the molecule is CON=C(c1cccc(=O)[nH]1)C1CCN(C(=O)C2CCN(Cc3cnc(N)nc3)CC2)CC1. The summed E-state index contributed by atoms with van der Waals surface area (Å²) in [4.78, 5) is 45.2. The predicted octanol–water partition coefficient (Wildman–Crippen LogP) is 1.25. The van der Waals surface area contributed by atoms with Gasteiger partial charge in [-0.2, -0.15) is 0 Å². The average Bonchev–Trinajstić information content (AvgIpc) is 2.84. The number of nitrogens with two attached hydrogens (primary N) is 1. The highest BCUT2D eigenvalue weighted by atomic mass is 16.6. The molecular weight excluding hydrogens is 422 g/mol. The minimum Gasteiger partial charge on any atom is -0.399 e. The van der Waals surface area contributed by atoms with E-state index in [0.29, 0.717) is 18.8 Å². The first-order valence-electron chi connectivity index (χ1n) is 11.4. The number of aromatic amines is 1. The van der Waals surface area contributed by atoms with E-state index in [0.717, 1.165) is 56.6 Å². The van der Waals surface area contributed by atoms with Crippen molar-refractivity contribution in [2.24, 2.45) is 17.0 Å². The maximum absolute atomic E-state index is 13.1. The summed E-state index contributed by atoms with van der Waals surface area (Å²) in [5.74, 6) is 0.737. The number of hydrogen-bond acceptors (Lipinski definition) is 8. The number of rotatable bonds is 6. The number of anilines is 1. The second-order valence-corrected chi connectivity index (χ2v) is 8.69. The fourth-order valence-corrected chi connectivity index (χ4v) is 4.71. The molecule has 0 atom stereocenters. The second kappa shape index (κ2) is 10.6. The zero-order valence-electron chi connectivity index (χ0n) is 18.9. The lowest BCUT2D eigenvalue weighted by Gasteiger charge is -2.37. The van der Waals surface area contributed by atoms with Crippen molar-refractivity contribution in [2.75, 3.05) is 39.0 Å². The lowest BCUT2D eigenvalue weighted by molar-refractivity contribution is -0.138. The number of carbonyl (C=O) groups excluding carboxylic acids is 1. The minimum atomic E-state index is -0.167. The van der Waals surface area contributed by atoms with Crippen LogP contribution in [0.15, 0.2) is 40.5 Å². The van der Waals surface area contributed by atoms with Gasteiger partial charge in [0.1, 0.15) is 12.8 Å². The third-order valence-corrected chi connectivity index (χ3v) is 6.50. The third kappa shape index (κ3) is 5.75. The molecule has 0 aliphatic carbocycles. The van der Waals surface area contributed by atoms with Gasteiger partial charge >= 0.3 is 0 Å². The molecule has 0 radical (unpaired) electrons. The van der Waals surface area contributed by atoms with Gasteiger partial charge in [-0.05, 0) is 44.8 Å². The van der Waals surface area contributed by atoms with Gasteiger partial charge in [0.25, 0.3) is 0 Å². The van der Waals surface area contributed by atoms with Crippen molar-refractivity contribution in [3.05, 3.63) is 52.2 Å². The molecule has 0 spiro atoms. The molecule has 4 rings (SSSR count). The number of oxime groups is 1. The predicted molar refractivity (Wildman–Crippen MR) is 124 cm³/mol. The average molecular weight is 454 g/mol. The number of nitrogens with zero attached hydrogens (tertiary/aromatic N) is 5. The molecule has 176 valence electrons. The number of pyridine rings is 1. The van der Waals surface area contributed by atoms with E-state index in [4.69, 9.17) is 10.6 Å². The Labute approximate surface area is 192 Å². The zero-order valence-corrected chi connectivity index (χ0v) is 18.9. The van der Waals surface area contributed by atoms with Crippen molar-refractivity contribution in [1.82, 2.24) is 24.8 Å². The summed E-state index contributed by atoms with van der Waals surface area (Å²) in [6, 6.07) is 5.02. The molecule has 0 bridgehead atoms. The number of aromatic nitrogens is 3. The van der Waals surface area contributed by atoms with Gasteiger partial charge in [0.05, 0.1) is 5.69 Å². The van der Waals surface area contributed by atoms with Crippen molar-refractivity contribution >= 4 is 17.6 Å². The molecule has 1 amide bonds. The van der Waals surface area contributed by atoms with Gasteiger partial charge < -0.3 is 20.5 Å². The van der Waals surface area contributed by atoms with Crippen molar-refractivity contribution < 1.29 is 9.63 Å². The number of hydrogen-bond donors (Lipinski definition) is 2. The quantitative estimate of drug-likeness (QED) is 0.497. The van der Waals surface area contributed by atoms with Gasteiger partial charge in [0.15, 0.2) is 0 Å². The highest BCUT2D eigenvalue weighted by molar-refractivity contribution is 6.00. The van der Waals surface area contributed by atoms with Crippen LogP contribution in [0.1, 0.15) is 36.9 Å². The highest BCUT2D eigenvalue weighted by Crippen LogP contribution is 2.26. The molecule has 33 heavy (non-hydrogen) atoms. The Morgan fingerprint density at radius 3 is 2.42 bits per heavy atom.